The van der Waals surface area contributed by atoms with E-state index in [1.807, 2.05) is 0 Å². The van der Waals surface area contributed by atoms with E-state index in [2.05, 4.69) is 28.7 Å². The van der Waals surface area contributed by atoms with Crippen LogP contribution in [0.15, 0.2) is 36.7 Å². The third kappa shape index (κ3) is 4.41. The third-order valence-electron chi connectivity index (χ3n) is 2.96. The molecular weight excluding hydrogens is 269 g/mol. The molecule has 2 aromatic rings. The summed E-state index contributed by atoms with van der Waals surface area (Å²) in [4.78, 5) is 10.6. The van der Waals surface area contributed by atoms with Gasteiger partial charge in [-0.2, -0.15) is 0 Å². The molecule has 0 aliphatic carbocycles. The lowest BCUT2D eigenvalue weighted by molar-refractivity contribution is 0.456. The van der Waals surface area contributed by atoms with E-state index in [1.165, 1.54) is 18.5 Å². The summed E-state index contributed by atoms with van der Waals surface area (Å²) >= 11 is 0. The molecule has 0 spiro atoms. The molecule has 0 fully saturated rings. The fourth-order valence-corrected chi connectivity index (χ4v) is 2.09. The van der Waals surface area contributed by atoms with Crippen molar-refractivity contribution in [2.75, 3.05) is 18.0 Å². The number of hydrogen-bond acceptors (Lipinski definition) is 4. The molecule has 0 N–H and O–H groups in total. The molecule has 0 bridgehead atoms. The second-order valence-electron chi connectivity index (χ2n) is 4.76. The highest BCUT2D eigenvalue weighted by molar-refractivity contribution is 5.41. The Morgan fingerprint density at radius 1 is 1.10 bits per heavy atom. The van der Waals surface area contributed by atoms with Crippen molar-refractivity contribution in [2.24, 2.45) is 0 Å². The van der Waals surface area contributed by atoms with E-state index < -0.39 is 0 Å². The van der Waals surface area contributed by atoms with Crippen LogP contribution in [0.4, 0.5) is 10.2 Å². The first kappa shape index (κ1) is 15.2. The van der Waals surface area contributed by atoms with Gasteiger partial charge in [0.15, 0.2) is 0 Å². The van der Waals surface area contributed by atoms with E-state index >= 15 is 0 Å². The van der Waals surface area contributed by atoms with Gasteiger partial charge in [-0.15, -0.1) is 0 Å². The Kier molecular flexibility index (Phi) is 5.49. The number of aromatic nitrogens is 2. The van der Waals surface area contributed by atoms with Gasteiger partial charge in [0.1, 0.15) is 23.7 Å². The topological polar surface area (TPSA) is 38.2 Å². The first-order valence-corrected chi connectivity index (χ1v) is 7.23. The fourth-order valence-electron chi connectivity index (χ4n) is 2.09. The zero-order valence-electron chi connectivity index (χ0n) is 12.4. The molecule has 4 nitrogen and oxygen atoms in total. The van der Waals surface area contributed by atoms with Crippen LogP contribution in [0.2, 0.25) is 0 Å². The highest BCUT2D eigenvalue weighted by Crippen LogP contribution is 2.23. The minimum Gasteiger partial charge on any atom is -0.439 e. The monoisotopic (exact) mass is 289 g/mol. The second-order valence-corrected chi connectivity index (χ2v) is 4.76. The van der Waals surface area contributed by atoms with Crippen LogP contribution in [-0.4, -0.2) is 23.1 Å². The quantitative estimate of drug-likeness (QED) is 0.771. The number of nitrogens with zero attached hydrogens (tertiary/aromatic N) is 3. The predicted octanol–water partition coefficient (Wildman–Crippen LogP) is 4.03. The van der Waals surface area contributed by atoms with Gasteiger partial charge >= 0.3 is 0 Å². The van der Waals surface area contributed by atoms with E-state index in [9.17, 15) is 4.39 Å². The number of rotatable bonds is 7. The predicted molar refractivity (Wildman–Crippen MR) is 81.3 cm³/mol. The summed E-state index contributed by atoms with van der Waals surface area (Å²) in [7, 11) is 0. The van der Waals surface area contributed by atoms with Gasteiger partial charge in [0, 0.05) is 25.2 Å². The van der Waals surface area contributed by atoms with Crippen LogP contribution in [0, 0.1) is 5.82 Å². The smallest absolute Gasteiger partial charge is 0.224 e. The molecule has 0 aliphatic rings. The molecule has 0 aliphatic heterocycles. The van der Waals surface area contributed by atoms with E-state index in [0.717, 1.165) is 31.7 Å². The minimum atomic E-state index is -0.333. The van der Waals surface area contributed by atoms with Crippen molar-refractivity contribution in [1.82, 2.24) is 9.97 Å². The van der Waals surface area contributed by atoms with Crippen LogP contribution in [0.5, 0.6) is 11.6 Å². The van der Waals surface area contributed by atoms with Crippen molar-refractivity contribution in [3.8, 4) is 11.6 Å². The highest BCUT2D eigenvalue weighted by Gasteiger charge is 2.08. The normalized spacial score (nSPS) is 10.4. The van der Waals surface area contributed by atoms with Gasteiger partial charge in [-0.05, 0) is 25.0 Å². The van der Waals surface area contributed by atoms with Gasteiger partial charge < -0.3 is 9.64 Å². The summed E-state index contributed by atoms with van der Waals surface area (Å²) in [5.41, 5.74) is 0. The molecule has 5 heteroatoms. The van der Waals surface area contributed by atoms with Crippen molar-refractivity contribution in [2.45, 2.75) is 26.7 Å². The first-order valence-electron chi connectivity index (χ1n) is 7.23. The van der Waals surface area contributed by atoms with Crippen molar-refractivity contribution in [3.05, 3.63) is 42.5 Å². The average molecular weight is 289 g/mol. The van der Waals surface area contributed by atoms with Gasteiger partial charge in [-0.1, -0.05) is 19.9 Å². The molecule has 0 atom stereocenters. The van der Waals surface area contributed by atoms with Gasteiger partial charge in [-0.25, -0.2) is 14.4 Å². The van der Waals surface area contributed by atoms with Crippen LogP contribution in [0.25, 0.3) is 0 Å². The molecule has 1 aromatic carbocycles. The lowest BCUT2D eigenvalue weighted by Crippen LogP contribution is -2.25. The molecule has 0 saturated heterocycles. The third-order valence-corrected chi connectivity index (χ3v) is 2.96. The molecule has 2 rings (SSSR count). The summed E-state index contributed by atoms with van der Waals surface area (Å²) in [6.45, 7) is 6.14. The second kappa shape index (κ2) is 7.57. The van der Waals surface area contributed by atoms with Crippen molar-refractivity contribution in [3.63, 3.8) is 0 Å². The molecule has 0 radical (unpaired) electrons. The molecular formula is C16H20FN3O. The Hall–Kier alpha value is -2.17. The van der Waals surface area contributed by atoms with Crippen LogP contribution in [-0.2, 0) is 0 Å². The fraction of sp³-hybridized carbons (Fsp3) is 0.375. The summed E-state index contributed by atoms with van der Waals surface area (Å²) in [6, 6.07) is 7.80. The van der Waals surface area contributed by atoms with Crippen molar-refractivity contribution in [1.29, 1.82) is 0 Å². The first-order chi connectivity index (χ1) is 10.2. The number of ether oxygens (including phenoxy) is 1. The molecule has 1 aromatic heterocycles. The van der Waals surface area contributed by atoms with Crippen LogP contribution >= 0.6 is 0 Å². The highest BCUT2D eigenvalue weighted by atomic mass is 19.1. The van der Waals surface area contributed by atoms with Crippen molar-refractivity contribution < 1.29 is 9.13 Å². The largest absolute Gasteiger partial charge is 0.439 e. The Morgan fingerprint density at radius 3 is 2.52 bits per heavy atom. The molecule has 0 amide bonds. The molecule has 1 heterocycles. The van der Waals surface area contributed by atoms with Crippen LogP contribution in [0.1, 0.15) is 26.7 Å². The van der Waals surface area contributed by atoms with E-state index in [0.29, 0.717) is 11.6 Å². The summed E-state index contributed by atoms with van der Waals surface area (Å²) in [5, 5.41) is 0. The van der Waals surface area contributed by atoms with E-state index in [4.69, 9.17) is 4.74 Å². The molecule has 112 valence electrons. The Balaban J connectivity index is 2.16. The lowest BCUT2D eigenvalue weighted by Gasteiger charge is -2.22. The van der Waals surface area contributed by atoms with Crippen LogP contribution in [0.3, 0.4) is 0 Å². The number of hydrogen-bond donors (Lipinski definition) is 0. The Labute approximate surface area is 124 Å². The maximum absolute atomic E-state index is 13.2. The summed E-state index contributed by atoms with van der Waals surface area (Å²) in [5.74, 6) is 1.35. The number of anilines is 1. The zero-order valence-corrected chi connectivity index (χ0v) is 12.4. The zero-order chi connectivity index (χ0) is 15.1. The molecule has 21 heavy (non-hydrogen) atoms. The Morgan fingerprint density at radius 2 is 1.86 bits per heavy atom. The van der Waals surface area contributed by atoms with E-state index in [-0.39, 0.29) is 5.82 Å². The Bertz CT molecular complexity index is 571. The van der Waals surface area contributed by atoms with Gasteiger partial charge in [0.05, 0.1) is 0 Å². The maximum atomic E-state index is 13.2. The van der Waals surface area contributed by atoms with Gasteiger partial charge in [-0.3, -0.25) is 0 Å². The van der Waals surface area contributed by atoms with Gasteiger partial charge in [0.25, 0.3) is 0 Å². The standard InChI is InChI=1S/C16H20FN3O/c1-3-8-20(9-4-2)15-11-16(19-12-18-15)21-14-7-5-6-13(17)10-14/h5-7,10-12H,3-4,8-9H2,1-2H3. The van der Waals surface area contributed by atoms with Crippen molar-refractivity contribution >= 4 is 5.82 Å². The lowest BCUT2D eigenvalue weighted by atomic mass is 10.3. The van der Waals surface area contributed by atoms with Gasteiger partial charge in [0.2, 0.25) is 5.88 Å². The number of halogens is 1. The summed E-state index contributed by atoms with van der Waals surface area (Å²) < 4.78 is 18.7. The average Bonchev–Trinajstić information content (AvgIpc) is 2.47. The maximum Gasteiger partial charge on any atom is 0.224 e. The summed E-state index contributed by atoms with van der Waals surface area (Å²) in [6.07, 6.45) is 3.57. The molecule has 0 unspecified atom stereocenters. The SMILES string of the molecule is CCCN(CCC)c1cc(Oc2cccc(F)c2)ncn1. The van der Waals surface area contributed by atoms with E-state index in [1.54, 1.807) is 18.2 Å². The number of benzene rings is 1. The van der Waals surface area contributed by atoms with Crippen LogP contribution < -0.4 is 9.64 Å². The minimum absolute atomic E-state index is 0.333. The molecule has 0 saturated carbocycles.